The molecule has 4 unspecified atom stereocenters. The molecule has 1 aliphatic heterocycles. The van der Waals surface area contributed by atoms with Crippen LogP contribution in [-0.2, 0) is 4.74 Å². The number of piperidine rings is 1. The normalized spacial score (nSPS) is 30.2. The predicted octanol–water partition coefficient (Wildman–Crippen LogP) is 0.832. The monoisotopic (exact) mass is 244 g/mol. The van der Waals surface area contributed by atoms with Gasteiger partial charge in [0.15, 0.2) is 0 Å². The van der Waals surface area contributed by atoms with Crippen LogP contribution in [0, 0.1) is 5.92 Å². The van der Waals surface area contributed by atoms with Crippen molar-refractivity contribution in [2.45, 2.75) is 51.2 Å². The van der Waals surface area contributed by atoms with E-state index >= 15 is 0 Å². The molecule has 4 atom stereocenters. The van der Waals surface area contributed by atoms with Crippen LogP contribution >= 0.6 is 0 Å². The molecule has 1 fully saturated rings. The largest absolute Gasteiger partial charge is 0.395 e. The molecule has 17 heavy (non-hydrogen) atoms. The van der Waals surface area contributed by atoms with E-state index in [0.29, 0.717) is 12.6 Å². The minimum absolute atomic E-state index is 0.0271. The van der Waals surface area contributed by atoms with Gasteiger partial charge in [-0.2, -0.15) is 0 Å². The second-order valence-electron chi connectivity index (χ2n) is 5.27. The summed E-state index contributed by atoms with van der Waals surface area (Å²) in [5.74, 6) is 0.745. The van der Waals surface area contributed by atoms with E-state index in [1.165, 1.54) is 19.3 Å². The predicted molar refractivity (Wildman–Crippen MR) is 69.9 cm³/mol. The van der Waals surface area contributed by atoms with E-state index in [4.69, 9.17) is 10.5 Å². The van der Waals surface area contributed by atoms with Crippen molar-refractivity contribution in [3.63, 3.8) is 0 Å². The first-order chi connectivity index (χ1) is 8.13. The van der Waals surface area contributed by atoms with Crippen molar-refractivity contribution in [3.8, 4) is 0 Å². The lowest BCUT2D eigenvalue weighted by atomic mass is 9.89. The quantitative estimate of drug-likeness (QED) is 0.726. The number of aliphatic hydroxyl groups excluding tert-OH is 1. The number of likely N-dealkylation sites (tertiary alicyclic amines) is 1. The molecule has 0 aromatic rings. The third kappa shape index (κ3) is 3.91. The zero-order valence-corrected chi connectivity index (χ0v) is 11.4. The minimum Gasteiger partial charge on any atom is -0.395 e. The standard InChI is InChI=1S/C13H28N2O2/c1-4-11-6-5-10(2)15(7-11)13(8-16)12(14)9-17-3/h10-13,16H,4-9,14H2,1-3H3. The Hall–Kier alpha value is -0.160. The Kier molecular flexibility index (Phi) is 6.41. The van der Waals surface area contributed by atoms with Gasteiger partial charge in [0.25, 0.3) is 0 Å². The molecule has 1 rings (SSSR count). The molecule has 102 valence electrons. The summed E-state index contributed by atoms with van der Waals surface area (Å²) in [6.07, 6.45) is 3.71. The van der Waals surface area contributed by atoms with Crippen LogP contribution < -0.4 is 5.73 Å². The summed E-state index contributed by atoms with van der Waals surface area (Å²) in [7, 11) is 1.66. The highest BCUT2D eigenvalue weighted by atomic mass is 16.5. The highest BCUT2D eigenvalue weighted by Crippen LogP contribution is 2.26. The Morgan fingerprint density at radius 2 is 2.18 bits per heavy atom. The van der Waals surface area contributed by atoms with Crippen LogP contribution in [0.1, 0.15) is 33.1 Å². The van der Waals surface area contributed by atoms with Crippen molar-refractivity contribution in [1.82, 2.24) is 4.90 Å². The van der Waals surface area contributed by atoms with Crippen LogP contribution in [0.3, 0.4) is 0 Å². The van der Waals surface area contributed by atoms with Gasteiger partial charge in [-0.3, -0.25) is 4.90 Å². The number of methoxy groups -OCH3 is 1. The molecule has 0 bridgehead atoms. The number of nitrogens with two attached hydrogens (primary N) is 1. The van der Waals surface area contributed by atoms with E-state index in [-0.39, 0.29) is 18.7 Å². The van der Waals surface area contributed by atoms with Crippen LogP contribution in [0.15, 0.2) is 0 Å². The maximum atomic E-state index is 9.57. The topological polar surface area (TPSA) is 58.7 Å². The lowest BCUT2D eigenvalue weighted by molar-refractivity contribution is 0.0131. The molecule has 0 aromatic carbocycles. The van der Waals surface area contributed by atoms with E-state index in [1.807, 2.05) is 0 Å². The summed E-state index contributed by atoms with van der Waals surface area (Å²) in [5, 5.41) is 9.57. The van der Waals surface area contributed by atoms with Crippen molar-refractivity contribution in [2.75, 3.05) is 26.9 Å². The van der Waals surface area contributed by atoms with Gasteiger partial charge in [0.05, 0.1) is 19.3 Å². The number of hydrogen-bond acceptors (Lipinski definition) is 4. The molecular weight excluding hydrogens is 216 g/mol. The van der Waals surface area contributed by atoms with E-state index in [1.54, 1.807) is 7.11 Å². The average molecular weight is 244 g/mol. The van der Waals surface area contributed by atoms with Crippen molar-refractivity contribution in [1.29, 1.82) is 0 Å². The Bertz CT molecular complexity index is 214. The molecule has 0 aromatic heterocycles. The fraction of sp³-hybridized carbons (Fsp3) is 1.00. The molecule has 1 saturated heterocycles. The summed E-state index contributed by atoms with van der Waals surface area (Å²) < 4.78 is 5.10. The maximum absolute atomic E-state index is 9.57. The summed E-state index contributed by atoms with van der Waals surface area (Å²) in [6, 6.07) is 0.431. The van der Waals surface area contributed by atoms with Gasteiger partial charge in [-0.15, -0.1) is 0 Å². The zero-order valence-electron chi connectivity index (χ0n) is 11.4. The summed E-state index contributed by atoms with van der Waals surface area (Å²) >= 11 is 0. The summed E-state index contributed by atoms with van der Waals surface area (Å²) in [6.45, 7) is 6.15. The Morgan fingerprint density at radius 3 is 2.71 bits per heavy atom. The Balaban J connectivity index is 2.64. The molecule has 1 aliphatic rings. The first kappa shape index (κ1) is 14.9. The molecule has 0 radical (unpaired) electrons. The van der Waals surface area contributed by atoms with Gasteiger partial charge >= 0.3 is 0 Å². The first-order valence-corrected chi connectivity index (χ1v) is 6.75. The molecule has 4 nitrogen and oxygen atoms in total. The molecular formula is C13H28N2O2. The zero-order chi connectivity index (χ0) is 12.8. The van der Waals surface area contributed by atoms with Gasteiger partial charge in [-0.1, -0.05) is 13.3 Å². The van der Waals surface area contributed by atoms with Crippen LogP contribution in [0.25, 0.3) is 0 Å². The Labute approximate surface area is 105 Å². The Morgan fingerprint density at radius 1 is 1.47 bits per heavy atom. The van der Waals surface area contributed by atoms with Crippen LogP contribution in [-0.4, -0.2) is 55.0 Å². The maximum Gasteiger partial charge on any atom is 0.0629 e. The van der Waals surface area contributed by atoms with E-state index in [9.17, 15) is 5.11 Å². The van der Waals surface area contributed by atoms with Crippen LogP contribution in [0.4, 0.5) is 0 Å². The fourth-order valence-electron chi connectivity index (χ4n) is 2.80. The third-order valence-corrected chi connectivity index (χ3v) is 4.07. The van der Waals surface area contributed by atoms with Gasteiger partial charge in [-0.05, 0) is 25.7 Å². The van der Waals surface area contributed by atoms with Crippen molar-refractivity contribution in [3.05, 3.63) is 0 Å². The van der Waals surface area contributed by atoms with Crippen molar-refractivity contribution < 1.29 is 9.84 Å². The molecule has 0 amide bonds. The highest BCUT2D eigenvalue weighted by Gasteiger charge is 2.32. The number of aliphatic hydroxyl groups is 1. The molecule has 0 aliphatic carbocycles. The number of hydrogen-bond donors (Lipinski definition) is 2. The summed E-state index contributed by atoms with van der Waals surface area (Å²) in [4.78, 5) is 2.38. The lowest BCUT2D eigenvalue weighted by Gasteiger charge is -2.44. The smallest absolute Gasteiger partial charge is 0.0629 e. The van der Waals surface area contributed by atoms with Gasteiger partial charge in [0.1, 0.15) is 0 Å². The molecule has 4 heteroatoms. The SMILES string of the molecule is CCC1CCC(C)N(C(CO)C(N)COC)C1. The lowest BCUT2D eigenvalue weighted by Crippen LogP contribution is -2.57. The van der Waals surface area contributed by atoms with Crippen LogP contribution in [0.5, 0.6) is 0 Å². The van der Waals surface area contributed by atoms with Gasteiger partial charge in [0, 0.05) is 25.7 Å². The molecule has 1 heterocycles. The van der Waals surface area contributed by atoms with E-state index < -0.39 is 0 Å². The van der Waals surface area contributed by atoms with E-state index in [0.717, 1.165) is 12.5 Å². The minimum atomic E-state index is -0.108. The molecule has 0 saturated carbocycles. The number of rotatable bonds is 6. The molecule has 0 spiro atoms. The second-order valence-corrected chi connectivity index (χ2v) is 5.27. The fourth-order valence-corrected chi connectivity index (χ4v) is 2.80. The number of nitrogens with zero attached hydrogens (tertiary/aromatic N) is 1. The van der Waals surface area contributed by atoms with Gasteiger partial charge in [0.2, 0.25) is 0 Å². The second kappa shape index (κ2) is 7.31. The molecule has 3 N–H and O–H groups in total. The van der Waals surface area contributed by atoms with Crippen molar-refractivity contribution >= 4 is 0 Å². The highest BCUT2D eigenvalue weighted by molar-refractivity contribution is 4.88. The first-order valence-electron chi connectivity index (χ1n) is 6.75. The summed E-state index contributed by atoms with van der Waals surface area (Å²) in [5.41, 5.74) is 6.09. The van der Waals surface area contributed by atoms with Gasteiger partial charge in [-0.25, -0.2) is 0 Å². The number of ether oxygens (including phenoxy) is 1. The van der Waals surface area contributed by atoms with E-state index in [2.05, 4.69) is 18.7 Å². The van der Waals surface area contributed by atoms with Crippen molar-refractivity contribution in [2.24, 2.45) is 11.7 Å². The average Bonchev–Trinajstić information content (AvgIpc) is 2.33. The van der Waals surface area contributed by atoms with Gasteiger partial charge < -0.3 is 15.6 Å². The van der Waals surface area contributed by atoms with Crippen LogP contribution in [0.2, 0.25) is 0 Å². The third-order valence-electron chi connectivity index (χ3n) is 4.07.